The van der Waals surface area contributed by atoms with Gasteiger partial charge in [-0.3, -0.25) is 9.52 Å². The molecule has 1 N–H and O–H groups in total. The molecule has 4 rings (SSSR count). The summed E-state index contributed by atoms with van der Waals surface area (Å²) in [6.45, 7) is 0.609. The van der Waals surface area contributed by atoms with Gasteiger partial charge < -0.3 is 4.90 Å². The molecule has 0 aliphatic carbocycles. The van der Waals surface area contributed by atoms with Gasteiger partial charge in [0.1, 0.15) is 0 Å². The van der Waals surface area contributed by atoms with Gasteiger partial charge in [-0.25, -0.2) is 8.42 Å². The Bertz CT molecular complexity index is 1010. The lowest BCUT2D eigenvalue weighted by Gasteiger charge is -2.25. The molecule has 0 aromatic heterocycles. The highest BCUT2D eigenvalue weighted by atomic mass is 35.5. The summed E-state index contributed by atoms with van der Waals surface area (Å²) in [6.07, 6.45) is 1.62. The molecule has 2 aromatic rings. The number of sulfonamides is 1. The van der Waals surface area contributed by atoms with Crippen molar-refractivity contribution < 1.29 is 13.2 Å². The number of rotatable bonds is 3. The zero-order valence-electron chi connectivity index (χ0n) is 13.1. The Morgan fingerprint density at radius 2 is 1.72 bits per heavy atom. The quantitative estimate of drug-likeness (QED) is 0.860. The molecule has 2 aromatic carbocycles. The summed E-state index contributed by atoms with van der Waals surface area (Å²) in [5, 5.41) is 0.660. The third-order valence-electron chi connectivity index (χ3n) is 4.51. The van der Waals surface area contributed by atoms with Crippen LogP contribution in [0.25, 0.3) is 0 Å². The van der Waals surface area contributed by atoms with Crippen molar-refractivity contribution in [1.82, 2.24) is 0 Å². The van der Waals surface area contributed by atoms with E-state index >= 15 is 0 Å². The molecule has 0 bridgehead atoms. The van der Waals surface area contributed by atoms with Crippen LogP contribution in [0.15, 0.2) is 35.2 Å². The molecule has 8 heteroatoms. The maximum Gasteiger partial charge on any atom is 0.261 e. The third kappa shape index (κ3) is 2.88. The van der Waals surface area contributed by atoms with Gasteiger partial charge in [0, 0.05) is 18.0 Å². The predicted molar refractivity (Wildman–Crippen MR) is 98.1 cm³/mol. The van der Waals surface area contributed by atoms with Crippen molar-refractivity contribution in [3.8, 4) is 0 Å². The lowest BCUT2D eigenvalue weighted by Crippen LogP contribution is -2.33. The number of halogens is 2. The van der Waals surface area contributed by atoms with Crippen LogP contribution in [0.1, 0.15) is 17.5 Å². The number of hydrogen-bond donors (Lipinski definition) is 1. The Hall–Kier alpha value is -1.76. The fourth-order valence-corrected chi connectivity index (χ4v) is 4.92. The van der Waals surface area contributed by atoms with Crippen molar-refractivity contribution in [3.05, 3.63) is 51.5 Å². The van der Waals surface area contributed by atoms with Gasteiger partial charge in [-0.05, 0) is 54.3 Å². The minimum atomic E-state index is -3.81. The van der Waals surface area contributed by atoms with Gasteiger partial charge in [0.25, 0.3) is 10.0 Å². The number of benzene rings is 2. The minimum absolute atomic E-state index is 0.102. The van der Waals surface area contributed by atoms with Gasteiger partial charge in [-0.15, -0.1) is 0 Å². The SMILES string of the molecule is O=C1CCc2cc(S(=O)(=O)Nc3cc(Cl)ccc3Cl)cc3c2N1CC3. The summed E-state index contributed by atoms with van der Waals surface area (Å²) in [6, 6.07) is 7.88. The van der Waals surface area contributed by atoms with E-state index in [1.165, 1.54) is 12.1 Å². The molecule has 0 radical (unpaired) electrons. The molecule has 25 heavy (non-hydrogen) atoms. The first-order valence-corrected chi connectivity index (χ1v) is 10.0. The molecule has 0 unspecified atom stereocenters. The number of amides is 1. The van der Waals surface area contributed by atoms with Crippen LogP contribution in [0.5, 0.6) is 0 Å². The summed E-state index contributed by atoms with van der Waals surface area (Å²) < 4.78 is 28.1. The van der Waals surface area contributed by atoms with Gasteiger partial charge >= 0.3 is 0 Å². The van der Waals surface area contributed by atoms with Crippen LogP contribution in [0.4, 0.5) is 11.4 Å². The molecule has 0 spiro atoms. The summed E-state index contributed by atoms with van der Waals surface area (Å²) in [5.41, 5.74) is 2.91. The highest BCUT2D eigenvalue weighted by Crippen LogP contribution is 2.39. The average molecular weight is 397 g/mol. The number of aryl methyl sites for hydroxylation is 1. The van der Waals surface area contributed by atoms with Crippen molar-refractivity contribution in [1.29, 1.82) is 0 Å². The minimum Gasteiger partial charge on any atom is -0.312 e. The number of anilines is 2. The van der Waals surface area contributed by atoms with Crippen molar-refractivity contribution in [3.63, 3.8) is 0 Å². The normalized spacial score (nSPS) is 16.1. The molecule has 2 aliphatic heterocycles. The fraction of sp³-hybridized carbons (Fsp3) is 0.235. The molecular weight excluding hydrogens is 383 g/mol. The first kappa shape index (κ1) is 16.7. The molecule has 0 saturated carbocycles. The van der Waals surface area contributed by atoms with E-state index in [2.05, 4.69) is 4.72 Å². The Morgan fingerprint density at radius 1 is 1.00 bits per heavy atom. The maximum atomic E-state index is 12.8. The second kappa shape index (κ2) is 5.90. The van der Waals surface area contributed by atoms with Crippen LogP contribution in [-0.2, 0) is 27.7 Å². The fourth-order valence-electron chi connectivity index (χ4n) is 3.36. The van der Waals surface area contributed by atoms with Crippen LogP contribution in [-0.4, -0.2) is 20.9 Å². The van der Waals surface area contributed by atoms with Gasteiger partial charge in [-0.1, -0.05) is 23.2 Å². The molecule has 0 fully saturated rings. The van der Waals surface area contributed by atoms with Crippen LogP contribution in [0, 0.1) is 0 Å². The Kier molecular flexibility index (Phi) is 3.94. The predicted octanol–water partition coefficient (Wildman–Crippen LogP) is 3.63. The largest absolute Gasteiger partial charge is 0.312 e. The van der Waals surface area contributed by atoms with E-state index in [4.69, 9.17) is 23.2 Å². The summed E-state index contributed by atoms with van der Waals surface area (Å²) in [7, 11) is -3.81. The standard InChI is InChI=1S/C17H14Cl2N2O3S/c18-12-2-3-14(19)15(9-12)20-25(23,24)13-7-10-1-4-16(22)21-6-5-11(8-13)17(10)21/h2-3,7-9,20H,1,4-6H2. The zero-order chi connectivity index (χ0) is 17.8. The number of nitrogens with zero attached hydrogens (tertiary/aromatic N) is 1. The monoisotopic (exact) mass is 396 g/mol. The molecule has 130 valence electrons. The van der Waals surface area contributed by atoms with E-state index < -0.39 is 10.0 Å². The second-order valence-electron chi connectivity index (χ2n) is 6.12. The Balaban J connectivity index is 1.75. The first-order chi connectivity index (χ1) is 11.8. The first-order valence-electron chi connectivity index (χ1n) is 7.79. The average Bonchev–Trinajstić information content (AvgIpc) is 2.99. The maximum absolute atomic E-state index is 12.8. The molecule has 5 nitrogen and oxygen atoms in total. The number of nitrogens with one attached hydrogen (secondary N) is 1. The smallest absolute Gasteiger partial charge is 0.261 e. The van der Waals surface area contributed by atoms with Crippen molar-refractivity contribution in [2.75, 3.05) is 16.2 Å². The van der Waals surface area contributed by atoms with Crippen molar-refractivity contribution >= 4 is 50.5 Å². The van der Waals surface area contributed by atoms with Crippen LogP contribution < -0.4 is 9.62 Å². The second-order valence-corrected chi connectivity index (χ2v) is 8.64. The summed E-state index contributed by atoms with van der Waals surface area (Å²) in [5.74, 6) is 0.102. The highest BCUT2D eigenvalue weighted by Gasteiger charge is 2.33. The Morgan fingerprint density at radius 3 is 2.48 bits per heavy atom. The van der Waals surface area contributed by atoms with Crippen LogP contribution in [0.3, 0.4) is 0 Å². The summed E-state index contributed by atoms with van der Waals surface area (Å²) in [4.78, 5) is 13.9. The van der Waals surface area contributed by atoms with E-state index in [0.29, 0.717) is 30.8 Å². The van der Waals surface area contributed by atoms with Gasteiger partial charge in [0.05, 0.1) is 21.3 Å². The van der Waals surface area contributed by atoms with Gasteiger partial charge in [0.15, 0.2) is 0 Å². The highest BCUT2D eigenvalue weighted by molar-refractivity contribution is 7.92. The van der Waals surface area contributed by atoms with E-state index in [-0.39, 0.29) is 21.5 Å². The van der Waals surface area contributed by atoms with Gasteiger partial charge in [-0.2, -0.15) is 0 Å². The molecule has 0 saturated heterocycles. The number of carbonyl (C=O) groups is 1. The zero-order valence-corrected chi connectivity index (χ0v) is 15.4. The van der Waals surface area contributed by atoms with E-state index in [9.17, 15) is 13.2 Å². The molecule has 1 amide bonds. The van der Waals surface area contributed by atoms with E-state index in [1.54, 1.807) is 23.1 Å². The lowest BCUT2D eigenvalue weighted by molar-refractivity contribution is -0.118. The molecular formula is C17H14Cl2N2O3S. The van der Waals surface area contributed by atoms with E-state index in [0.717, 1.165) is 16.8 Å². The topological polar surface area (TPSA) is 66.5 Å². The Labute approximate surface area is 155 Å². The number of hydrogen-bond acceptors (Lipinski definition) is 3. The molecule has 0 atom stereocenters. The lowest BCUT2D eigenvalue weighted by atomic mass is 10.00. The van der Waals surface area contributed by atoms with Gasteiger partial charge in [0.2, 0.25) is 5.91 Å². The van der Waals surface area contributed by atoms with Crippen molar-refractivity contribution in [2.24, 2.45) is 0 Å². The van der Waals surface area contributed by atoms with Crippen LogP contribution >= 0.6 is 23.2 Å². The third-order valence-corrected chi connectivity index (χ3v) is 6.42. The molecule has 2 aliphatic rings. The van der Waals surface area contributed by atoms with Crippen LogP contribution in [0.2, 0.25) is 10.0 Å². The summed E-state index contributed by atoms with van der Waals surface area (Å²) >= 11 is 12.0. The van der Waals surface area contributed by atoms with E-state index in [1.807, 2.05) is 0 Å². The number of carbonyl (C=O) groups excluding carboxylic acids is 1. The molecule has 2 heterocycles. The van der Waals surface area contributed by atoms with Crippen molar-refractivity contribution in [2.45, 2.75) is 24.2 Å².